The highest BCUT2D eigenvalue weighted by molar-refractivity contribution is 5.70. The zero-order valence-corrected chi connectivity index (χ0v) is 6.71. The number of rotatable bonds is 2. The van der Waals surface area contributed by atoms with E-state index < -0.39 is 12.4 Å². The van der Waals surface area contributed by atoms with Crippen molar-refractivity contribution < 1.29 is 28.2 Å². The average Bonchev–Trinajstić information content (AvgIpc) is 1.87. The molecule has 0 fully saturated rings. The molecular formula is C6H10F2O4. The Hall–Kier alpha value is -1.20. The van der Waals surface area contributed by atoms with Crippen molar-refractivity contribution in [3.05, 3.63) is 0 Å². The minimum Gasteiger partial charge on any atom is -0.477 e. The number of hydrogen-bond donors (Lipinski definition) is 1. The van der Waals surface area contributed by atoms with Gasteiger partial charge < -0.3 is 9.84 Å². The van der Waals surface area contributed by atoms with Crippen LogP contribution in [0, 0.1) is 0 Å². The Labute approximate surface area is 68.1 Å². The summed E-state index contributed by atoms with van der Waals surface area (Å²) in [5.41, 5.74) is 0. The van der Waals surface area contributed by atoms with Gasteiger partial charge in [-0.25, -0.2) is 4.79 Å². The highest BCUT2D eigenvalue weighted by Gasteiger charge is 2.10. The number of carboxylic acid groups (broad SMARTS) is 1. The first-order valence-electron chi connectivity index (χ1n) is 3.06. The monoisotopic (exact) mass is 184 g/mol. The molecule has 0 aromatic carbocycles. The van der Waals surface area contributed by atoms with Crippen LogP contribution >= 0.6 is 0 Å². The lowest BCUT2D eigenvalue weighted by Gasteiger charge is -1.89. The number of alkyl halides is 2. The molecule has 0 bridgehead atoms. The standard InChI is InChI=1S/C4H8O2.C2H2F2O2/c1-3-6-4(2)5;3-1(4)2(5)6/h3H2,1-2H3;1H,(H,5,6). The zero-order chi connectivity index (χ0) is 10.1. The minimum atomic E-state index is -3.23. The summed E-state index contributed by atoms with van der Waals surface area (Å²) in [5.74, 6) is -2.28. The van der Waals surface area contributed by atoms with E-state index in [0.29, 0.717) is 6.61 Å². The molecular weight excluding hydrogens is 174 g/mol. The predicted molar refractivity (Wildman–Crippen MR) is 35.9 cm³/mol. The maximum atomic E-state index is 10.6. The van der Waals surface area contributed by atoms with E-state index in [1.807, 2.05) is 0 Å². The number of carbonyl (C=O) groups is 2. The van der Waals surface area contributed by atoms with Gasteiger partial charge in [0.15, 0.2) is 0 Å². The molecule has 0 aliphatic carbocycles. The third kappa shape index (κ3) is 15.9. The lowest BCUT2D eigenvalue weighted by atomic mass is 10.7. The van der Waals surface area contributed by atoms with Crippen LogP contribution in [-0.2, 0) is 14.3 Å². The van der Waals surface area contributed by atoms with Crippen LogP contribution in [0.4, 0.5) is 8.78 Å². The number of carbonyl (C=O) groups excluding carboxylic acids is 1. The molecule has 0 rings (SSSR count). The average molecular weight is 184 g/mol. The van der Waals surface area contributed by atoms with Crippen LogP contribution in [0.5, 0.6) is 0 Å². The highest BCUT2D eigenvalue weighted by atomic mass is 19.3. The Kier molecular flexibility index (Phi) is 8.82. The number of esters is 1. The Balaban J connectivity index is 0. The molecule has 4 nitrogen and oxygen atoms in total. The molecule has 12 heavy (non-hydrogen) atoms. The van der Waals surface area contributed by atoms with E-state index in [1.165, 1.54) is 6.92 Å². The molecule has 0 aromatic heterocycles. The lowest BCUT2D eigenvalue weighted by Crippen LogP contribution is -2.06. The van der Waals surface area contributed by atoms with Crippen molar-refractivity contribution in [3.63, 3.8) is 0 Å². The molecule has 0 heterocycles. The van der Waals surface area contributed by atoms with Gasteiger partial charge in [-0.3, -0.25) is 4.79 Å². The van der Waals surface area contributed by atoms with Gasteiger partial charge in [0, 0.05) is 6.92 Å². The second kappa shape index (κ2) is 7.90. The largest absolute Gasteiger partial charge is 0.477 e. The Morgan fingerprint density at radius 2 is 1.83 bits per heavy atom. The Morgan fingerprint density at radius 1 is 1.50 bits per heavy atom. The number of hydrogen-bond acceptors (Lipinski definition) is 3. The van der Waals surface area contributed by atoms with Gasteiger partial charge in [0.05, 0.1) is 6.61 Å². The Morgan fingerprint density at radius 3 is 1.83 bits per heavy atom. The first-order valence-corrected chi connectivity index (χ1v) is 3.06. The molecule has 1 N–H and O–H groups in total. The summed E-state index contributed by atoms with van der Waals surface area (Å²) < 4.78 is 25.5. The number of halogens is 2. The second-order valence-corrected chi connectivity index (χ2v) is 1.56. The van der Waals surface area contributed by atoms with E-state index in [0.717, 1.165) is 0 Å². The molecule has 6 heteroatoms. The van der Waals surface area contributed by atoms with Crippen LogP contribution in [0.25, 0.3) is 0 Å². The summed E-state index contributed by atoms with van der Waals surface area (Å²) in [4.78, 5) is 18.8. The van der Waals surface area contributed by atoms with Crippen molar-refractivity contribution in [1.29, 1.82) is 0 Å². The molecule has 0 amide bonds. The van der Waals surface area contributed by atoms with Crippen LogP contribution in [0.1, 0.15) is 13.8 Å². The maximum absolute atomic E-state index is 10.6. The van der Waals surface area contributed by atoms with Crippen molar-refractivity contribution >= 4 is 11.9 Å². The summed E-state index contributed by atoms with van der Waals surface area (Å²) in [6.45, 7) is 3.65. The molecule has 0 spiro atoms. The molecule has 0 atom stereocenters. The molecule has 0 radical (unpaired) electrons. The quantitative estimate of drug-likeness (QED) is 0.647. The molecule has 0 saturated carbocycles. The van der Waals surface area contributed by atoms with E-state index in [9.17, 15) is 13.6 Å². The van der Waals surface area contributed by atoms with Crippen molar-refractivity contribution in [2.75, 3.05) is 6.61 Å². The van der Waals surface area contributed by atoms with E-state index in [-0.39, 0.29) is 5.97 Å². The molecule has 72 valence electrons. The summed E-state index contributed by atoms with van der Waals surface area (Å²) in [5, 5.41) is 7.24. The number of ether oxygens (including phenoxy) is 1. The van der Waals surface area contributed by atoms with Crippen molar-refractivity contribution in [2.45, 2.75) is 20.3 Å². The zero-order valence-electron chi connectivity index (χ0n) is 6.71. The van der Waals surface area contributed by atoms with E-state index in [1.54, 1.807) is 6.92 Å². The third-order valence-corrected chi connectivity index (χ3v) is 0.534. The first-order chi connectivity index (χ1) is 5.41. The fraction of sp³-hybridized carbons (Fsp3) is 0.667. The van der Waals surface area contributed by atoms with Crippen LogP contribution in [-0.4, -0.2) is 30.1 Å². The fourth-order valence-corrected chi connectivity index (χ4v) is 0.203. The molecule has 0 unspecified atom stereocenters. The van der Waals surface area contributed by atoms with Gasteiger partial charge in [-0.1, -0.05) is 0 Å². The first kappa shape index (κ1) is 13.4. The molecule has 0 aromatic rings. The predicted octanol–water partition coefficient (Wildman–Crippen LogP) is 0.906. The van der Waals surface area contributed by atoms with Gasteiger partial charge in [0.25, 0.3) is 0 Å². The summed E-state index contributed by atoms with van der Waals surface area (Å²) in [6, 6.07) is 0. The Bertz CT molecular complexity index is 146. The van der Waals surface area contributed by atoms with Crippen LogP contribution < -0.4 is 0 Å². The highest BCUT2D eigenvalue weighted by Crippen LogP contribution is 1.87. The van der Waals surface area contributed by atoms with Crippen molar-refractivity contribution in [3.8, 4) is 0 Å². The van der Waals surface area contributed by atoms with Gasteiger partial charge in [0.1, 0.15) is 0 Å². The van der Waals surface area contributed by atoms with Gasteiger partial charge in [0.2, 0.25) is 0 Å². The lowest BCUT2D eigenvalue weighted by molar-refractivity contribution is -0.149. The summed E-state index contributed by atoms with van der Waals surface area (Å²) in [6.07, 6.45) is -3.23. The van der Waals surface area contributed by atoms with Crippen LogP contribution in [0.2, 0.25) is 0 Å². The van der Waals surface area contributed by atoms with Crippen molar-refractivity contribution in [2.24, 2.45) is 0 Å². The van der Waals surface area contributed by atoms with E-state index >= 15 is 0 Å². The smallest absolute Gasteiger partial charge is 0.371 e. The van der Waals surface area contributed by atoms with Gasteiger partial charge in [-0.2, -0.15) is 8.78 Å². The summed E-state index contributed by atoms with van der Waals surface area (Å²) >= 11 is 0. The molecule has 0 aliphatic heterocycles. The minimum absolute atomic E-state index is 0.211. The number of aliphatic carboxylic acids is 1. The second-order valence-electron chi connectivity index (χ2n) is 1.56. The maximum Gasteiger partial charge on any atom is 0.371 e. The SMILES string of the molecule is CCOC(C)=O.O=C(O)C(F)F. The van der Waals surface area contributed by atoms with E-state index in [2.05, 4.69) is 4.74 Å². The fourth-order valence-electron chi connectivity index (χ4n) is 0.203. The summed E-state index contributed by atoms with van der Waals surface area (Å²) in [7, 11) is 0. The van der Waals surface area contributed by atoms with Crippen LogP contribution in [0.15, 0.2) is 0 Å². The van der Waals surface area contributed by atoms with Gasteiger partial charge >= 0.3 is 18.4 Å². The third-order valence-electron chi connectivity index (χ3n) is 0.534. The van der Waals surface area contributed by atoms with Gasteiger partial charge in [-0.05, 0) is 6.92 Å². The van der Waals surface area contributed by atoms with Crippen LogP contribution in [0.3, 0.4) is 0 Å². The van der Waals surface area contributed by atoms with Gasteiger partial charge in [-0.15, -0.1) is 0 Å². The molecule has 0 aliphatic rings. The molecule has 0 saturated heterocycles. The topological polar surface area (TPSA) is 63.6 Å². The number of carboxylic acids is 1. The normalized spacial score (nSPS) is 8.42. The van der Waals surface area contributed by atoms with E-state index in [4.69, 9.17) is 9.90 Å². The van der Waals surface area contributed by atoms with Crippen molar-refractivity contribution in [1.82, 2.24) is 0 Å².